The monoisotopic (exact) mass is 389 g/mol. The Hall–Kier alpha value is -3.18. The molecule has 0 aliphatic rings. The van der Waals surface area contributed by atoms with Gasteiger partial charge in [0, 0.05) is 11.1 Å². The van der Waals surface area contributed by atoms with Crippen molar-refractivity contribution in [2.24, 2.45) is 5.73 Å². The molecule has 2 aromatic carbocycles. The Morgan fingerprint density at radius 2 is 1.64 bits per heavy atom. The van der Waals surface area contributed by atoms with Gasteiger partial charge in [-0.25, -0.2) is 0 Å². The van der Waals surface area contributed by atoms with Crippen LogP contribution in [0.3, 0.4) is 0 Å². The zero-order valence-corrected chi connectivity index (χ0v) is 17.0. The van der Waals surface area contributed by atoms with Gasteiger partial charge in [-0.3, -0.25) is 9.78 Å². The molecule has 0 radical (unpaired) electrons. The van der Waals surface area contributed by atoms with E-state index in [1.165, 1.54) is 16.9 Å². The van der Waals surface area contributed by atoms with Crippen molar-refractivity contribution in [3.8, 4) is 11.1 Å². The molecule has 2 aromatic heterocycles. The lowest BCUT2D eigenvalue weighted by atomic mass is 10.1. The molecule has 0 atom stereocenters. The minimum absolute atomic E-state index is 0.413. The molecule has 0 saturated carbocycles. The molecule has 0 saturated heterocycles. The van der Waals surface area contributed by atoms with Gasteiger partial charge < -0.3 is 11.1 Å². The third kappa shape index (κ3) is 4.05. The third-order valence-electron chi connectivity index (χ3n) is 4.25. The fourth-order valence-electron chi connectivity index (χ4n) is 2.90. The molecule has 0 aliphatic carbocycles. The van der Waals surface area contributed by atoms with E-state index in [1.54, 1.807) is 6.20 Å². The first-order valence-corrected chi connectivity index (χ1v) is 10.0. The van der Waals surface area contributed by atoms with Crippen molar-refractivity contribution >= 4 is 38.7 Å². The number of aromatic nitrogens is 1. The fourth-order valence-corrected chi connectivity index (χ4v) is 3.88. The number of nitrogens with two attached hydrogens (primary N) is 1. The zero-order chi connectivity index (χ0) is 20.1. The summed E-state index contributed by atoms with van der Waals surface area (Å²) in [4.78, 5) is 16.5. The van der Waals surface area contributed by atoms with Crippen LogP contribution in [0.15, 0.2) is 66.9 Å². The Labute approximate surface area is 169 Å². The van der Waals surface area contributed by atoms with Gasteiger partial charge in [0.05, 0.1) is 27.2 Å². The Bertz CT molecular complexity index is 1090. The average molecular weight is 390 g/mol. The second-order valence-electron chi connectivity index (χ2n) is 6.04. The molecule has 142 valence electrons. The minimum atomic E-state index is -0.413. The largest absolute Gasteiger partial charge is 0.365 e. The summed E-state index contributed by atoms with van der Waals surface area (Å²) in [7, 11) is 0. The Balaban J connectivity index is 0.00000109. The highest BCUT2D eigenvalue weighted by molar-refractivity contribution is 7.21. The Kier molecular flexibility index (Phi) is 6.06. The van der Waals surface area contributed by atoms with E-state index in [9.17, 15) is 4.79 Å². The normalized spacial score (nSPS) is 10.2. The molecule has 2 heterocycles. The lowest BCUT2D eigenvalue weighted by Crippen LogP contribution is -2.08. The van der Waals surface area contributed by atoms with Crippen molar-refractivity contribution in [2.45, 2.75) is 20.8 Å². The lowest BCUT2D eigenvalue weighted by molar-refractivity contribution is 0.100. The van der Waals surface area contributed by atoms with E-state index in [4.69, 9.17) is 5.73 Å². The van der Waals surface area contributed by atoms with Gasteiger partial charge in [0.1, 0.15) is 0 Å². The molecule has 4 aromatic rings. The molecule has 5 heteroatoms. The number of nitrogens with zero attached hydrogens (tertiary/aromatic N) is 1. The smallest absolute Gasteiger partial charge is 0.258 e. The molecule has 3 N–H and O–H groups in total. The number of pyridine rings is 1. The summed E-state index contributed by atoms with van der Waals surface area (Å²) in [6.07, 6.45) is 1.79. The first-order valence-electron chi connectivity index (χ1n) is 9.23. The molecular weight excluding hydrogens is 366 g/mol. The molecule has 0 fully saturated rings. The first-order chi connectivity index (χ1) is 13.6. The highest BCUT2D eigenvalue weighted by Crippen LogP contribution is 2.34. The van der Waals surface area contributed by atoms with Crippen LogP contribution < -0.4 is 11.1 Å². The summed E-state index contributed by atoms with van der Waals surface area (Å²) in [6, 6.07) is 20.3. The summed E-state index contributed by atoms with van der Waals surface area (Å²) in [5, 5.41) is 4.36. The maximum Gasteiger partial charge on any atom is 0.258 e. The number of benzene rings is 2. The maximum atomic E-state index is 11.5. The summed E-state index contributed by atoms with van der Waals surface area (Å²) < 4.78 is 0.977. The topological polar surface area (TPSA) is 68.0 Å². The zero-order valence-electron chi connectivity index (χ0n) is 16.2. The second-order valence-corrected chi connectivity index (χ2v) is 7.10. The van der Waals surface area contributed by atoms with E-state index in [-0.39, 0.29) is 0 Å². The predicted molar refractivity (Wildman–Crippen MR) is 119 cm³/mol. The van der Waals surface area contributed by atoms with Crippen LogP contribution in [0.1, 0.15) is 29.2 Å². The molecule has 4 nitrogen and oxygen atoms in total. The van der Waals surface area contributed by atoms with Gasteiger partial charge in [-0.1, -0.05) is 56.3 Å². The van der Waals surface area contributed by atoms with Crippen molar-refractivity contribution in [1.82, 2.24) is 4.98 Å². The van der Waals surface area contributed by atoms with Gasteiger partial charge >= 0.3 is 0 Å². The molecule has 28 heavy (non-hydrogen) atoms. The van der Waals surface area contributed by atoms with E-state index in [0.717, 1.165) is 32.7 Å². The lowest BCUT2D eigenvalue weighted by Gasteiger charge is -2.09. The third-order valence-corrected chi connectivity index (χ3v) is 5.51. The quantitative estimate of drug-likeness (QED) is 0.440. The number of carbonyl (C=O) groups is 1. The van der Waals surface area contributed by atoms with Gasteiger partial charge in [-0.15, -0.1) is 11.3 Å². The van der Waals surface area contributed by atoms with E-state index >= 15 is 0 Å². The van der Waals surface area contributed by atoms with E-state index < -0.39 is 5.91 Å². The van der Waals surface area contributed by atoms with Crippen LogP contribution in [0.4, 0.5) is 11.4 Å². The summed E-state index contributed by atoms with van der Waals surface area (Å²) in [5.41, 5.74) is 10.5. The number of carbonyl (C=O) groups excluding carboxylic acids is 1. The summed E-state index contributed by atoms with van der Waals surface area (Å²) in [5.74, 6) is -0.413. The van der Waals surface area contributed by atoms with Crippen LogP contribution in [0.2, 0.25) is 0 Å². The van der Waals surface area contributed by atoms with Crippen molar-refractivity contribution in [3.63, 3.8) is 0 Å². The number of hydrogen-bond donors (Lipinski definition) is 2. The standard InChI is InChI=1S/C21H17N3OS.C2H6/c1-13-20-17(11-19(26-20)21(22)25)18(12-23-13)24-16-9-7-15(8-10-16)14-5-3-2-4-6-14;1-2/h2-12,24H,1H3,(H2,22,25);1-2H3. The van der Waals surface area contributed by atoms with Gasteiger partial charge in [-0.2, -0.15) is 0 Å². The molecule has 0 aliphatic heterocycles. The maximum absolute atomic E-state index is 11.5. The van der Waals surface area contributed by atoms with Gasteiger partial charge in [0.25, 0.3) is 5.91 Å². The Morgan fingerprint density at radius 3 is 2.29 bits per heavy atom. The van der Waals surface area contributed by atoms with Crippen LogP contribution in [-0.2, 0) is 0 Å². The number of nitrogens with one attached hydrogen (secondary N) is 1. The van der Waals surface area contributed by atoms with E-state index in [1.807, 2.05) is 57.2 Å². The van der Waals surface area contributed by atoms with Gasteiger partial charge in [0.2, 0.25) is 0 Å². The summed E-state index contributed by atoms with van der Waals surface area (Å²) in [6.45, 7) is 5.93. The number of anilines is 2. The number of rotatable bonds is 4. The van der Waals surface area contributed by atoms with Crippen molar-refractivity contribution in [1.29, 1.82) is 0 Å². The predicted octanol–water partition coefficient (Wildman–Crippen LogP) is 6.14. The fraction of sp³-hybridized carbons (Fsp3) is 0.130. The molecule has 0 bridgehead atoms. The van der Waals surface area contributed by atoms with Crippen LogP contribution >= 0.6 is 11.3 Å². The number of aryl methyl sites for hydroxylation is 1. The molecule has 0 spiro atoms. The van der Waals surface area contributed by atoms with Crippen molar-refractivity contribution in [2.75, 3.05) is 5.32 Å². The number of fused-ring (bicyclic) bond motifs is 1. The second kappa shape index (κ2) is 8.67. The molecular formula is C23H23N3OS. The Morgan fingerprint density at radius 1 is 1.00 bits per heavy atom. The van der Waals surface area contributed by atoms with Crippen LogP contribution in [-0.4, -0.2) is 10.9 Å². The summed E-state index contributed by atoms with van der Waals surface area (Å²) >= 11 is 1.38. The highest BCUT2D eigenvalue weighted by Gasteiger charge is 2.13. The molecule has 0 unspecified atom stereocenters. The van der Waals surface area contributed by atoms with E-state index in [2.05, 4.69) is 34.6 Å². The van der Waals surface area contributed by atoms with Crippen LogP contribution in [0, 0.1) is 6.92 Å². The number of amides is 1. The van der Waals surface area contributed by atoms with Crippen molar-refractivity contribution in [3.05, 3.63) is 77.4 Å². The minimum Gasteiger partial charge on any atom is -0.365 e. The van der Waals surface area contributed by atoms with Gasteiger partial charge in [-0.05, 0) is 36.2 Å². The number of primary amides is 1. The van der Waals surface area contributed by atoms with E-state index in [0.29, 0.717) is 4.88 Å². The SMILES string of the molecule is CC.Cc1ncc(Nc2ccc(-c3ccccc3)cc2)c2cc(C(N)=O)sc12. The molecule has 4 rings (SSSR count). The van der Waals surface area contributed by atoms with Crippen LogP contribution in [0.25, 0.3) is 21.2 Å². The first kappa shape index (κ1) is 19.6. The average Bonchev–Trinajstić information content (AvgIpc) is 3.20. The van der Waals surface area contributed by atoms with Crippen molar-refractivity contribution < 1.29 is 4.79 Å². The number of hydrogen-bond acceptors (Lipinski definition) is 4. The number of thiophene rings is 1. The highest BCUT2D eigenvalue weighted by atomic mass is 32.1. The van der Waals surface area contributed by atoms with Crippen LogP contribution in [0.5, 0.6) is 0 Å². The van der Waals surface area contributed by atoms with Gasteiger partial charge in [0.15, 0.2) is 0 Å². The molecule has 1 amide bonds.